The maximum Gasteiger partial charge on any atom is 0.119 e. The van der Waals surface area contributed by atoms with Gasteiger partial charge in [0.1, 0.15) is 17.2 Å². The van der Waals surface area contributed by atoms with Gasteiger partial charge in [0, 0.05) is 17.5 Å². The van der Waals surface area contributed by atoms with E-state index in [2.05, 4.69) is 17.0 Å². The topological polar surface area (TPSA) is 52.9 Å². The molecule has 0 atom stereocenters. The number of rotatable bonds is 6. The number of benzene rings is 4. The zero-order valence-corrected chi connectivity index (χ0v) is 21.0. The van der Waals surface area contributed by atoms with Crippen LogP contribution in [0.1, 0.15) is 30.4 Å². The summed E-state index contributed by atoms with van der Waals surface area (Å²) < 4.78 is 6.17. The SMILES string of the molecule is Oc1ccc2c(c1)CCc1c-2c(Cl)c2ccc(O)cc2c1-c1cccc(OCCCN2CCCC2)c1. The van der Waals surface area contributed by atoms with Crippen LogP contribution in [0, 0.1) is 0 Å². The summed E-state index contributed by atoms with van der Waals surface area (Å²) in [7, 11) is 0. The van der Waals surface area contributed by atoms with Gasteiger partial charge in [-0.3, -0.25) is 0 Å². The van der Waals surface area contributed by atoms with E-state index in [0.29, 0.717) is 11.6 Å². The summed E-state index contributed by atoms with van der Waals surface area (Å²) in [5, 5.41) is 22.9. The first kappa shape index (κ1) is 23.2. The molecule has 1 aliphatic heterocycles. The zero-order chi connectivity index (χ0) is 24.6. The van der Waals surface area contributed by atoms with Crippen LogP contribution in [-0.2, 0) is 12.8 Å². The maximum atomic E-state index is 10.4. The molecule has 1 aliphatic carbocycles. The van der Waals surface area contributed by atoms with E-state index in [0.717, 1.165) is 70.1 Å². The van der Waals surface area contributed by atoms with Crippen molar-refractivity contribution in [1.29, 1.82) is 0 Å². The molecule has 4 nitrogen and oxygen atoms in total. The molecule has 0 spiro atoms. The Morgan fingerprint density at radius 2 is 1.64 bits per heavy atom. The van der Waals surface area contributed by atoms with E-state index in [4.69, 9.17) is 16.3 Å². The highest BCUT2D eigenvalue weighted by molar-refractivity contribution is 6.39. The lowest BCUT2D eigenvalue weighted by atomic mass is 9.79. The number of fused-ring (bicyclic) bond motifs is 4. The third-order valence-corrected chi connectivity index (χ3v) is 7.94. The number of hydrogen-bond acceptors (Lipinski definition) is 4. The molecule has 1 heterocycles. The number of hydrogen-bond donors (Lipinski definition) is 2. The molecule has 0 unspecified atom stereocenters. The Kier molecular flexibility index (Phi) is 6.24. The molecule has 0 radical (unpaired) electrons. The lowest BCUT2D eigenvalue weighted by Crippen LogP contribution is -2.21. The van der Waals surface area contributed by atoms with E-state index in [9.17, 15) is 10.2 Å². The van der Waals surface area contributed by atoms with Crippen molar-refractivity contribution in [3.05, 3.63) is 76.8 Å². The van der Waals surface area contributed by atoms with E-state index < -0.39 is 0 Å². The Balaban J connectivity index is 1.41. The van der Waals surface area contributed by atoms with Crippen LogP contribution in [0.15, 0.2) is 60.7 Å². The smallest absolute Gasteiger partial charge is 0.119 e. The summed E-state index contributed by atoms with van der Waals surface area (Å²) in [5.74, 6) is 1.34. The van der Waals surface area contributed by atoms with Gasteiger partial charge in [-0.15, -0.1) is 0 Å². The van der Waals surface area contributed by atoms with Crippen molar-refractivity contribution in [1.82, 2.24) is 4.90 Å². The molecule has 0 saturated carbocycles. The monoisotopic (exact) mass is 499 g/mol. The number of phenols is 2. The maximum absolute atomic E-state index is 10.4. The minimum Gasteiger partial charge on any atom is -0.508 e. The largest absolute Gasteiger partial charge is 0.508 e. The van der Waals surface area contributed by atoms with Crippen molar-refractivity contribution in [3.63, 3.8) is 0 Å². The number of phenolic OH excluding ortho intramolecular Hbond substituents is 2. The zero-order valence-electron chi connectivity index (χ0n) is 20.3. The van der Waals surface area contributed by atoms with Crippen LogP contribution in [-0.4, -0.2) is 41.4 Å². The summed E-state index contributed by atoms with van der Waals surface area (Å²) in [4.78, 5) is 2.51. The van der Waals surface area contributed by atoms with Gasteiger partial charge in [-0.05, 0) is 121 Å². The first-order valence-corrected chi connectivity index (χ1v) is 13.2. The van der Waals surface area contributed by atoms with Gasteiger partial charge in [0.25, 0.3) is 0 Å². The molecule has 2 N–H and O–H groups in total. The molecule has 2 aliphatic rings. The van der Waals surface area contributed by atoms with Crippen LogP contribution in [0.2, 0.25) is 5.02 Å². The number of halogens is 1. The minimum absolute atomic E-state index is 0.218. The van der Waals surface area contributed by atoms with Crippen molar-refractivity contribution in [3.8, 4) is 39.5 Å². The average Bonchev–Trinajstić information content (AvgIpc) is 3.40. The molecule has 0 bridgehead atoms. The van der Waals surface area contributed by atoms with Crippen molar-refractivity contribution < 1.29 is 14.9 Å². The van der Waals surface area contributed by atoms with Crippen LogP contribution in [0.5, 0.6) is 17.2 Å². The number of ether oxygens (including phenoxy) is 1. The highest BCUT2D eigenvalue weighted by Crippen LogP contribution is 2.49. The molecule has 4 aromatic carbocycles. The second kappa shape index (κ2) is 9.68. The van der Waals surface area contributed by atoms with Crippen molar-refractivity contribution in [2.75, 3.05) is 26.2 Å². The summed E-state index contributed by atoms with van der Waals surface area (Å²) >= 11 is 7.04. The number of likely N-dealkylation sites (tertiary alicyclic amines) is 1. The molecule has 184 valence electrons. The Bertz CT molecular complexity index is 1440. The molecule has 6 rings (SSSR count). The van der Waals surface area contributed by atoms with Crippen LogP contribution in [0.3, 0.4) is 0 Å². The third-order valence-electron chi connectivity index (χ3n) is 7.54. The van der Waals surface area contributed by atoms with Gasteiger partial charge in [-0.2, -0.15) is 0 Å². The quantitative estimate of drug-likeness (QED) is 0.275. The lowest BCUT2D eigenvalue weighted by molar-refractivity contribution is 0.263. The predicted octanol–water partition coefficient (Wildman–Crippen LogP) is 7.20. The van der Waals surface area contributed by atoms with E-state index in [1.165, 1.54) is 31.5 Å². The van der Waals surface area contributed by atoms with E-state index in [-0.39, 0.29) is 11.5 Å². The summed E-state index contributed by atoms with van der Waals surface area (Å²) in [6.45, 7) is 4.19. The number of nitrogens with zero attached hydrogens (tertiary/aromatic N) is 1. The van der Waals surface area contributed by atoms with Crippen molar-refractivity contribution in [2.24, 2.45) is 0 Å². The highest BCUT2D eigenvalue weighted by atomic mass is 35.5. The van der Waals surface area contributed by atoms with Crippen LogP contribution in [0.25, 0.3) is 33.0 Å². The van der Waals surface area contributed by atoms with E-state index >= 15 is 0 Å². The average molecular weight is 500 g/mol. The lowest BCUT2D eigenvalue weighted by Gasteiger charge is -2.26. The highest BCUT2D eigenvalue weighted by Gasteiger charge is 2.26. The van der Waals surface area contributed by atoms with Gasteiger partial charge < -0.3 is 19.8 Å². The van der Waals surface area contributed by atoms with Gasteiger partial charge in [-0.1, -0.05) is 29.8 Å². The molecular weight excluding hydrogens is 470 g/mol. The molecule has 1 fully saturated rings. The molecule has 0 amide bonds. The van der Waals surface area contributed by atoms with Gasteiger partial charge in [0.15, 0.2) is 0 Å². The molecule has 4 aromatic rings. The molecular formula is C31H30ClNO3. The van der Waals surface area contributed by atoms with Crippen LogP contribution >= 0.6 is 11.6 Å². The fourth-order valence-electron chi connectivity index (χ4n) is 5.86. The second-order valence-corrected chi connectivity index (χ2v) is 10.3. The Morgan fingerprint density at radius 3 is 2.50 bits per heavy atom. The fraction of sp³-hybridized carbons (Fsp3) is 0.290. The summed E-state index contributed by atoms with van der Waals surface area (Å²) in [6, 6.07) is 19.2. The van der Waals surface area contributed by atoms with E-state index in [1.807, 2.05) is 36.4 Å². The number of aryl methyl sites for hydroxylation is 1. The van der Waals surface area contributed by atoms with Gasteiger partial charge in [0.05, 0.1) is 11.6 Å². The molecule has 0 aromatic heterocycles. The first-order chi connectivity index (χ1) is 17.6. The Morgan fingerprint density at radius 1 is 0.833 bits per heavy atom. The minimum atomic E-state index is 0.218. The van der Waals surface area contributed by atoms with Crippen LogP contribution in [0.4, 0.5) is 0 Å². The Labute approximate surface area is 216 Å². The van der Waals surface area contributed by atoms with Crippen molar-refractivity contribution >= 4 is 22.4 Å². The first-order valence-electron chi connectivity index (χ1n) is 12.8. The van der Waals surface area contributed by atoms with Crippen LogP contribution < -0.4 is 4.74 Å². The summed E-state index contributed by atoms with van der Waals surface area (Å²) in [5.41, 5.74) is 6.48. The second-order valence-electron chi connectivity index (χ2n) is 9.89. The molecule has 5 heteroatoms. The Hall–Kier alpha value is -3.21. The van der Waals surface area contributed by atoms with Gasteiger partial charge in [0.2, 0.25) is 0 Å². The van der Waals surface area contributed by atoms with Gasteiger partial charge in [-0.25, -0.2) is 0 Å². The van der Waals surface area contributed by atoms with Crippen molar-refractivity contribution in [2.45, 2.75) is 32.1 Å². The molecule has 1 saturated heterocycles. The predicted molar refractivity (Wildman–Crippen MR) is 146 cm³/mol. The fourth-order valence-corrected chi connectivity index (χ4v) is 6.24. The molecule has 36 heavy (non-hydrogen) atoms. The standard InChI is InChI=1S/C31H30ClNO3/c32-31-26-12-9-23(35)19-28(26)29(27-10-7-20-17-22(34)8-11-25(20)30(27)31)21-5-3-6-24(18-21)36-16-4-15-33-13-1-2-14-33/h3,5-6,8-9,11-12,17-19,34-35H,1-2,4,7,10,13-16H2. The van der Waals surface area contributed by atoms with E-state index in [1.54, 1.807) is 12.1 Å². The van der Waals surface area contributed by atoms with Gasteiger partial charge >= 0.3 is 0 Å². The third kappa shape index (κ3) is 4.29. The number of aromatic hydroxyl groups is 2. The normalized spacial score (nSPS) is 15.1. The summed E-state index contributed by atoms with van der Waals surface area (Å²) in [6.07, 6.45) is 5.25.